The van der Waals surface area contributed by atoms with Gasteiger partial charge in [-0.05, 0) is 44.9 Å². The molecule has 5 nitrogen and oxygen atoms in total. The lowest BCUT2D eigenvalue weighted by Crippen LogP contribution is -2.28. The van der Waals surface area contributed by atoms with Gasteiger partial charge in [0, 0.05) is 12.8 Å². The number of unbranched alkanes of at least 4 members (excludes halogenated alkanes) is 30. The highest BCUT2D eigenvalue weighted by molar-refractivity contribution is 5.70. The molecule has 306 valence electrons. The summed E-state index contributed by atoms with van der Waals surface area (Å²) in [6, 6.07) is 0. The van der Waals surface area contributed by atoms with Crippen molar-refractivity contribution in [2.45, 2.75) is 251 Å². The molecule has 0 aliphatic heterocycles. The van der Waals surface area contributed by atoms with Gasteiger partial charge in [0.1, 0.15) is 6.61 Å². The van der Waals surface area contributed by atoms with Crippen LogP contribution in [0.2, 0.25) is 0 Å². The molecule has 1 unspecified atom stereocenters. The van der Waals surface area contributed by atoms with Crippen LogP contribution in [-0.4, -0.2) is 36.4 Å². The van der Waals surface area contributed by atoms with Crippen molar-refractivity contribution in [2.75, 3.05) is 13.2 Å². The summed E-state index contributed by atoms with van der Waals surface area (Å²) in [4.78, 5) is 24.4. The molecule has 1 N–H and O–H groups in total. The van der Waals surface area contributed by atoms with Crippen molar-refractivity contribution < 1.29 is 24.2 Å². The van der Waals surface area contributed by atoms with Crippen LogP contribution in [0, 0.1) is 0 Å². The van der Waals surface area contributed by atoms with Crippen LogP contribution in [0.4, 0.5) is 0 Å². The Morgan fingerprint density at radius 2 is 0.769 bits per heavy atom. The van der Waals surface area contributed by atoms with E-state index in [9.17, 15) is 14.7 Å². The van der Waals surface area contributed by atoms with Crippen LogP contribution in [0.3, 0.4) is 0 Å². The fourth-order valence-electron chi connectivity index (χ4n) is 6.76. The number of aliphatic hydroxyl groups excluding tert-OH is 1. The molecule has 0 aliphatic carbocycles. The molecule has 0 rings (SSSR count). The summed E-state index contributed by atoms with van der Waals surface area (Å²) >= 11 is 0. The standard InChI is InChI=1S/C47H88O5/c1-3-5-7-9-11-13-15-17-19-21-23-25-27-29-31-33-35-37-39-41-46(49)51-44-45(43-48)52-47(50)42-40-38-36-34-32-30-28-26-24-22-20-18-16-14-12-10-8-6-4-2/h12,14,18,20,45,48H,3-11,13,15-17,19,21-44H2,1-2H3. The van der Waals surface area contributed by atoms with Gasteiger partial charge in [-0.15, -0.1) is 0 Å². The number of rotatable bonds is 42. The molecule has 0 aliphatic rings. The van der Waals surface area contributed by atoms with E-state index in [1.807, 2.05) is 0 Å². The minimum Gasteiger partial charge on any atom is -0.462 e. The molecule has 0 spiro atoms. The Hall–Kier alpha value is -1.62. The molecule has 0 saturated carbocycles. The summed E-state index contributed by atoms with van der Waals surface area (Å²) in [6.07, 6.45) is 52.5. The van der Waals surface area contributed by atoms with Gasteiger partial charge in [0.2, 0.25) is 0 Å². The zero-order chi connectivity index (χ0) is 37.8. The summed E-state index contributed by atoms with van der Waals surface area (Å²) in [5.41, 5.74) is 0. The number of esters is 2. The third-order valence-electron chi connectivity index (χ3n) is 10.2. The fourth-order valence-corrected chi connectivity index (χ4v) is 6.76. The predicted molar refractivity (Wildman–Crippen MR) is 224 cm³/mol. The Kier molecular flexibility index (Phi) is 42.4. The maximum atomic E-state index is 12.2. The molecule has 5 heteroatoms. The molecule has 0 saturated heterocycles. The van der Waals surface area contributed by atoms with Crippen LogP contribution in [0.15, 0.2) is 24.3 Å². The first-order valence-corrected chi connectivity index (χ1v) is 22.9. The lowest BCUT2D eigenvalue weighted by molar-refractivity contribution is -0.161. The van der Waals surface area contributed by atoms with Gasteiger partial charge in [-0.2, -0.15) is 0 Å². The van der Waals surface area contributed by atoms with E-state index in [-0.39, 0.29) is 25.2 Å². The smallest absolute Gasteiger partial charge is 0.306 e. The zero-order valence-electron chi connectivity index (χ0n) is 34.8. The average molecular weight is 733 g/mol. The van der Waals surface area contributed by atoms with Crippen molar-refractivity contribution in [1.82, 2.24) is 0 Å². The third-order valence-corrected chi connectivity index (χ3v) is 10.2. The van der Waals surface area contributed by atoms with Crippen molar-refractivity contribution >= 4 is 11.9 Å². The molecule has 0 aromatic heterocycles. The maximum Gasteiger partial charge on any atom is 0.306 e. The molecule has 1 atom stereocenters. The van der Waals surface area contributed by atoms with Crippen LogP contribution < -0.4 is 0 Å². The summed E-state index contributed by atoms with van der Waals surface area (Å²) in [5.74, 6) is -0.583. The summed E-state index contributed by atoms with van der Waals surface area (Å²) in [6.45, 7) is 4.14. The highest BCUT2D eigenvalue weighted by atomic mass is 16.6. The number of allylic oxidation sites excluding steroid dienone is 4. The molecule has 0 heterocycles. The van der Waals surface area contributed by atoms with Crippen molar-refractivity contribution in [3.63, 3.8) is 0 Å². The van der Waals surface area contributed by atoms with E-state index in [0.29, 0.717) is 12.8 Å². The van der Waals surface area contributed by atoms with E-state index in [1.165, 1.54) is 180 Å². The largest absolute Gasteiger partial charge is 0.462 e. The number of aliphatic hydroxyl groups is 1. The number of ether oxygens (including phenoxy) is 2. The second kappa shape index (κ2) is 43.8. The second-order valence-corrected chi connectivity index (χ2v) is 15.5. The summed E-state index contributed by atoms with van der Waals surface area (Å²) in [7, 11) is 0. The van der Waals surface area contributed by atoms with E-state index in [0.717, 1.165) is 38.5 Å². The maximum absolute atomic E-state index is 12.2. The SMILES string of the molecule is CCCCCC=CCC=CCCCCCCCCCCCC(=O)OC(CO)COC(=O)CCCCCCCCCCCCCCCCCCCCC. The topological polar surface area (TPSA) is 72.8 Å². The fraction of sp³-hybridized carbons (Fsp3) is 0.872. The Balaban J connectivity index is 3.49. The van der Waals surface area contributed by atoms with Crippen molar-refractivity contribution in [1.29, 1.82) is 0 Å². The predicted octanol–water partition coefficient (Wildman–Crippen LogP) is 14.6. The minimum absolute atomic E-state index is 0.0625. The van der Waals surface area contributed by atoms with Gasteiger partial charge < -0.3 is 14.6 Å². The molecule has 0 bridgehead atoms. The first-order chi connectivity index (χ1) is 25.6. The second-order valence-electron chi connectivity index (χ2n) is 15.5. The highest BCUT2D eigenvalue weighted by Crippen LogP contribution is 2.16. The van der Waals surface area contributed by atoms with Crippen molar-refractivity contribution in [3.8, 4) is 0 Å². The molecule has 0 fully saturated rings. The van der Waals surface area contributed by atoms with Gasteiger partial charge in [0.25, 0.3) is 0 Å². The van der Waals surface area contributed by atoms with Gasteiger partial charge in [0.05, 0.1) is 6.61 Å². The number of hydrogen-bond acceptors (Lipinski definition) is 5. The van der Waals surface area contributed by atoms with Crippen LogP contribution in [0.1, 0.15) is 245 Å². The van der Waals surface area contributed by atoms with E-state index in [1.54, 1.807) is 0 Å². The monoisotopic (exact) mass is 733 g/mol. The molecule has 0 radical (unpaired) electrons. The normalized spacial score (nSPS) is 12.3. The Morgan fingerprint density at radius 3 is 1.17 bits per heavy atom. The van der Waals surface area contributed by atoms with Gasteiger partial charge in [-0.25, -0.2) is 0 Å². The molecular formula is C47H88O5. The van der Waals surface area contributed by atoms with Crippen molar-refractivity contribution in [2.24, 2.45) is 0 Å². The zero-order valence-corrected chi connectivity index (χ0v) is 34.8. The molecule has 0 amide bonds. The van der Waals surface area contributed by atoms with E-state index in [2.05, 4.69) is 38.2 Å². The van der Waals surface area contributed by atoms with E-state index >= 15 is 0 Å². The van der Waals surface area contributed by atoms with E-state index < -0.39 is 6.10 Å². The molecule has 0 aromatic rings. The lowest BCUT2D eigenvalue weighted by Gasteiger charge is -2.15. The number of carbonyl (C=O) groups excluding carboxylic acids is 2. The Morgan fingerprint density at radius 1 is 0.442 bits per heavy atom. The van der Waals surface area contributed by atoms with E-state index in [4.69, 9.17) is 9.47 Å². The molecular weight excluding hydrogens is 645 g/mol. The average Bonchev–Trinajstić information content (AvgIpc) is 3.15. The quantitative estimate of drug-likeness (QED) is 0.0384. The van der Waals surface area contributed by atoms with Crippen LogP contribution in [0.5, 0.6) is 0 Å². The Bertz CT molecular complexity index is 791. The molecule has 52 heavy (non-hydrogen) atoms. The van der Waals surface area contributed by atoms with Crippen molar-refractivity contribution in [3.05, 3.63) is 24.3 Å². The lowest BCUT2D eigenvalue weighted by atomic mass is 10.0. The van der Waals surface area contributed by atoms with Gasteiger partial charge in [0.15, 0.2) is 6.10 Å². The number of carbonyl (C=O) groups is 2. The first kappa shape index (κ1) is 50.4. The first-order valence-electron chi connectivity index (χ1n) is 22.9. The van der Waals surface area contributed by atoms with Crippen LogP contribution in [-0.2, 0) is 19.1 Å². The van der Waals surface area contributed by atoms with Crippen LogP contribution >= 0.6 is 0 Å². The summed E-state index contributed by atoms with van der Waals surface area (Å²) < 4.78 is 10.7. The number of hydrogen-bond donors (Lipinski definition) is 1. The molecule has 0 aromatic carbocycles. The summed E-state index contributed by atoms with van der Waals surface area (Å²) in [5, 5.41) is 9.59. The third kappa shape index (κ3) is 41.1. The minimum atomic E-state index is -0.769. The Labute approximate surface area is 323 Å². The van der Waals surface area contributed by atoms with Gasteiger partial charge in [-0.3, -0.25) is 9.59 Å². The highest BCUT2D eigenvalue weighted by Gasteiger charge is 2.16. The van der Waals surface area contributed by atoms with Crippen LogP contribution in [0.25, 0.3) is 0 Å². The van der Waals surface area contributed by atoms with Gasteiger partial charge >= 0.3 is 11.9 Å². The van der Waals surface area contributed by atoms with Gasteiger partial charge in [-0.1, -0.05) is 212 Å².